The van der Waals surface area contributed by atoms with Gasteiger partial charge in [0.05, 0.1) is 11.8 Å². The van der Waals surface area contributed by atoms with E-state index in [1.54, 1.807) is 25.1 Å². The van der Waals surface area contributed by atoms with Crippen LogP contribution >= 0.6 is 11.6 Å². The van der Waals surface area contributed by atoms with Crippen LogP contribution in [0.5, 0.6) is 0 Å². The first-order valence-electron chi connectivity index (χ1n) is 6.33. The molecule has 1 aliphatic heterocycles. The van der Waals surface area contributed by atoms with E-state index >= 15 is 0 Å². The molecule has 0 bridgehead atoms. The Kier molecular flexibility index (Phi) is 4.20. The third-order valence-corrected chi connectivity index (χ3v) is 5.03. The molecule has 0 unspecified atom stereocenters. The van der Waals surface area contributed by atoms with Gasteiger partial charge in [0.15, 0.2) is 9.84 Å². The van der Waals surface area contributed by atoms with Gasteiger partial charge in [-0.2, -0.15) is 0 Å². The molecule has 1 aliphatic rings. The van der Waals surface area contributed by atoms with E-state index < -0.39 is 15.9 Å². The van der Waals surface area contributed by atoms with Crippen LogP contribution in [0.1, 0.15) is 18.9 Å². The molecule has 0 saturated heterocycles. The maximum Gasteiger partial charge on any atom is 0.227 e. The topological polar surface area (TPSA) is 54.5 Å². The second kappa shape index (κ2) is 5.58. The second-order valence-corrected chi connectivity index (χ2v) is 7.11. The number of amides is 1. The molecular formula is C14H16ClNO3S. The number of anilines is 1. The molecule has 2 rings (SSSR count). The number of carbonyl (C=O) groups excluding carboxylic acids is 1. The summed E-state index contributed by atoms with van der Waals surface area (Å²) in [5, 5.41) is 1.73. The first-order valence-corrected chi connectivity index (χ1v) is 8.42. The predicted molar refractivity (Wildman–Crippen MR) is 80.7 cm³/mol. The summed E-state index contributed by atoms with van der Waals surface area (Å²) in [5.74, 6) is -0.207. The molecule has 20 heavy (non-hydrogen) atoms. The van der Waals surface area contributed by atoms with Crippen LogP contribution in [0.4, 0.5) is 5.69 Å². The second-order valence-electron chi connectivity index (χ2n) is 4.78. The van der Waals surface area contributed by atoms with Gasteiger partial charge in [-0.3, -0.25) is 4.79 Å². The molecule has 1 aromatic rings. The quantitative estimate of drug-likeness (QED) is 0.862. The Morgan fingerprint density at radius 1 is 1.45 bits per heavy atom. The Labute approximate surface area is 124 Å². The Morgan fingerprint density at radius 2 is 2.15 bits per heavy atom. The van der Waals surface area contributed by atoms with E-state index in [-0.39, 0.29) is 11.7 Å². The molecular weight excluding hydrogens is 298 g/mol. The largest absolute Gasteiger partial charge is 0.304 e. The number of halogens is 1. The molecule has 1 amide bonds. The lowest BCUT2D eigenvalue weighted by Crippen LogP contribution is -2.40. The van der Waals surface area contributed by atoms with Crippen LogP contribution in [-0.4, -0.2) is 26.1 Å². The summed E-state index contributed by atoms with van der Waals surface area (Å²) in [6, 6.07) is 4.84. The Hall–Kier alpha value is -1.33. The molecule has 1 aromatic carbocycles. The van der Waals surface area contributed by atoms with E-state index in [4.69, 9.17) is 11.6 Å². The van der Waals surface area contributed by atoms with Gasteiger partial charge in [0.2, 0.25) is 5.91 Å². The summed E-state index contributed by atoms with van der Waals surface area (Å²) in [6.45, 7) is 3.62. The number of sulfone groups is 1. The molecule has 0 radical (unpaired) electrons. The van der Waals surface area contributed by atoms with Gasteiger partial charge in [0.25, 0.3) is 0 Å². The van der Waals surface area contributed by atoms with Gasteiger partial charge in [-0.25, -0.2) is 8.42 Å². The van der Waals surface area contributed by atoms with Gasteiger partial charge in [-0.1, -0.05) is 24.6 Å². The number of benzene rings is 1. The molecule has 6 heteroatoms. The summed E-state index contributed by atoms with van der Waals surface area (Å²) < 4.78 is 23.1. The van der Waals surface area contributed by atoms with Crippen molar-refractivity contribution in [1.29, 1.82) is 0 Å². The number of rotatable bonds is 3. The SMILES string of the molecule is CCC(=O)N(c1ccc(C)c(Cl)c1)[C@@H]1C=CS(=O)(=O)C1. The minimum atomic E-state index is -3.22. The summed E-state index contributed by atoms with van der Waals surface area (Å²) in [5.41, 5.74) is 1.54. The van der Waals surface area contributed by atoms with E-state index in [0.717, 1.165) is 5.56 Å². The molecule has 1 heterocycles. The zero-order valence-electron chi connectivity index (χ0n) is 11.3. The fraction of sp³-hybridized carbons (Fsp3) is 0.357. The summed E-state index contributed by atoms with van der Waals surface area (Å²) in [7, 11) is -3.22. The van der Waals surface area contributed by atoms with E-state index in [1.807, 2.05) is 13.0 Å². The van der Waals surface area contributed by atoms with Crippen LogP contribution in [0.25, 0.3) is 0 Å². The number of hydrogen-bond acceptors (Lipinski definition) is 3. The van der Waals surface area contributed by atoms with Crippen molar-refractivity contribution >= 4 is 33.0 Å². The maximum atomic E-state index is 12.2. The highest BCUT2D eigenvalue weighted by Crippen LogP contribution is 2.27. The molecule has 0 saturated carbocycles. The standard InChI is InChI=1S/C14H16ClNO3S/c1-3-14(17)16(12-6-7-20(18,19)9-12)11-5-4-10(2)13(15)8-11/h4-8,12H,3,9H2,1-2H3/t12-/m1/s1. The summed E-state index contributed by atoms with van der Waals surface area (Å²) in [4.78, 5) is 13.7. The van der Waals surface area contributed by atoms with Gasteiger partial charge in [0.1, 0.15) is 0 Å². The number of carbonyl (C=O) groups is 1. The summed E-state index contributed by atoms with van der Waals surface area (Å²) in [6.07, 6.45) is 1.85. The minimum Gasteiger partial charge on any atom is -0.304 e. The minimum absolute atomic E-state index is 0.0791. The van der Waals surface area contributed by atoms with Crippen LogP contribution in [0, 0.1) is 6.92 Å². The third-order valence-electron chi connectivity index (χ3n) is 3.25. The van der Waals surface area contributed by atoms with E-state index in [9.17, 15) is 13.2 Å². The molecule has 0 N–H and O–H groups in total. The average Bonchev–Trinajstić information content (AvgIpc) is 2.74. The van der Waals surface area contributed by atoms with Crippen molar-refractivity contribution in [2.75, 3.05) is 10.7 Å². The van der Waals surface area contributed by atoms with Crippen molar-refractivity contribution in [3.8, 4) is 0 Å². The van der Waals surface area contributed by atoms with Gasteiger partial charge in [-0.15, -0.1) is 0 Å². The van der Waals surface area contributed by atoms with Crippen molar-refractivity contribution in [2.45, 2.75) is 26.3 Å². The highest BCUT2D eigenvalue weighted by Gasteiger charge is 2.30. The lowest BCUT2D eigenvalue weighted by molar-refractivity contribution is -0.118. The highest BCUT2D eigenvalue weighted by atomic mass is 35.5. The van der Waals surface area contributed by atoms with Crippen LogP contribution in [0.2, 0.25) is 5.02 Å². The third kappa shape index (κ3) is 3.04. The van der Waals surface area contributed by atoms with Crippen molar-refractivity contribution < 1.29 is 13.2 Å². The van der Waals surface area contributed by atoms with Gasteiger partial charge in [-0.05, 0) is 30.7 Å². The van der Waals surface area contributed by atoms with Crippen LogP contribution in [-0.2, 0) is 14.6 Å². The lowest BCUT2D eigenvalue weighted by atomic mass is 10.1. The monoisotopic (exact) mass is 313 g/mol. The first kappa shape index (κ1) is 15.1. The zero-order chi connectivity index (χ0) is 14.9. The van der Waals surface area contributed by atoms with Crippen LogP contribution in [0.3, 0.4) is 0 Å². The van der Waals surface area contributed by atoms with Gasteiger partial charge >= 0.3 is 0 Å². The summed E-state index contributed by atoms with van der Waals surface area (Å²) >= 11 is 6.09. The molecule has 0 spiro atoms. The molecule has 1 atom stereocenters. The Bertz CT molecular complexity index is 667. The fourth-order valence-corrected chi connectivity index (χ4v) is 3.59. The smallest absolute Gasteiger partial charge is 0.227 e. The van der Waals surface area contributed by atoms with Crippen LogP contribution < -0.4 is 4.90 Å². The molecule has 0 aromatic heterocycles. The molecule has 108 valence electrons. The molecule has 0 fully saturated rings. The van der Waals surface area contributed by atoms with E-state index in [1.165, 1.54) is 10.3 Å². The predicted octanol–water partition coefficient (Wildman–Crippen LogP) is 2.70. The van der Waals surface area contributed by atoms with Crippen molar-refractivity contribution in [3.05, 3.63) is 40.3 Å². The van der Waals surface area contributed by atoms with Crippen LogP contribution in [0.15, 0.2) is 29.7 Å². The van der Waals surface area contributed by atoms with Crippen molar-refractivity contribution in [2.24, 2.45) is 0 Å². The number of hydrogen-bond donors (Lipinski definition) is 0. The Morgan fingerprint density at radius 3 is 2.65 bits per heavy atom. The van der Waals surface area contributed by atoms with Gasteiger partial charge < -0.3 is 4.90 Å². The molecule has 4 nitrogen and oxygen atoms in total. The number of aryl methyl sites for hydroxylation is 1. The molecule has 0 aliphatic carbocycles. The Balaban J connectivity index is 2.41. The zero-order valence-corrected chi connectivity index (χ0v) is 12.9. The van der Waals surface area contributed by atoms with E-state index in [2.05, 4.69) is 0 Å². The van der Waals surface area contributed by atoms with Crippen molar-refractivity contribution in [3.63, 3.8) is 0 Å². The van der Waals surface area contributed by atoms with Crippen molar-refractivity contribution in [1.82, 2.24) is 0 Å². The number of nitrogens with zero attached hydrogens (tertiary/aromatic N) is 1. The normalized spacial score (nSPS) is 20.1. The first-order chi connectivity index (χ1) is 9.34. The maximum absolute atomic E-state index is 12.2. The van der Waals surface area contributed by atoms with Gasteiger partial charge in [0, 0.05) is 22.5 Å². The lowest BCUT2D eigenvalue weighted by Gasteiger charge is -2.27. The fourth-order valence-electron chi connectivity index (χ4n) is 2.14. The highest BCUT2D eigenvalue weighted by molar-refractivity contribution is 7.94. The average molecular weight is 314 g/mol. The van der Waals surface area contributed by atoms with E-state index in [0.29, 0.717) is 17.1 Å².